The van der Waals surface area contributed by atoms with E-state index >= 15 is 0 Å². The molecule has 1 amide bonds. The highest BCUT2D eigenvalue weighted by atomic mass is 32.2. The summed E-state index contributed by atoms with van der Waals surface area (Å²) in [4.78, 5) is 24.3. The molecule has 10 nitrogen and oxygen atoms in total. The van der Waals surface area contributed by atoms with Gasteiger partial charge >= 0.3 is 0 Å². The maximum atomic E-state index is 12.8. The van der Waals surface area contributed by atoms with Crippen LogP contribution >= 0.6 is 0 Å². The predicted octanol–water partition coefficient (Wildman–Crippen LogP) is 2.33. The van der Waals surface area contributed by atoms with Gasteiger partial charge in [0.05, 0.1) is 21.7 Å². The van der Waals surface area contributed by atoms with Crippen LogP contribution in [0.3, 0.4) is 0 Å². The van der Waals surface area contributed by atoms with Crippen LogP contribution in [0.1, 0.15) is 5.56 Å². The molecule has 1 aliphatic rings. The largest absolute Gasteiger partial charge is 0.337 e. The van der Waals surface area contributed by atoms with Crippen molar-refractivity contribution in [1.29, 1.82) is 0 Å². The number of carbonyl (C=O) groups is 1. The Morgan fingerprint density at radius 3 is 2.30 bits per heavy atom. The van der Waals surface area contributed by atoms with Gasteiger partial charge in [0.25, 0.3) is 5.69 Å². The number of piperazine rings is 1. The van der Waals surface area contributed by atoms with Gasteiger partial charge in [0.15, 0.2) is 0 Å². The second-order valence-electron chi connectivity index (χ2n) is 7.37. The molecule has 11 heteroatoms. The normalized spacial score (nSPS) is 15.1. The number of nitro benzene ring substituents is 1. The fourth-order valence-electron chi connectivity index (χ4n) is 3.46. The van der Waals surface area contributed by atoms with Gasteiger partial charge in [0, 0.05) is 56.1 Å². The van der Waals surface area contributed by atoms with Crippen molar-refractivity contribution in [3.63, 3.8) is 0 Å². The van der Waals surface area contributed by atoms with E-state index in [4.69, 9.17) is 0 Å². The molecular formula is C22H21N5O5S. The molecule has 0 aliphatic carbocycles. The van der Waals surface area contributed by atoms with Gasteiger partial charge in [-0.3, -0.25) is 14.9 Å². The van der Waals surface area contributed by atoms with Crippen LogP contribution in [0.25, 0.3) is 11.8 Å². The summed E-state index contributed by atoms with van der Waals surface area (Å²) in [6.45, 7) is 0.785. The van der Waals surface area contributed by atoms with Crippen molar-refractivity contribution in [2.75, 3.05) is 26.2 Å². The van der Waals surface area contributed by atoms with Gasteiger partial charge in [-0.2, -0.15) is 9.40 Å². The van der Waals surface area contributed by atoms with Crippen LogP contribution in [0.5, 0.6) is 0 Å². The number of sulfonamides is 1. The fraction of sp³-hybridized carbons (Fsp3) is 0.182. The van der Waals surface area contributed by atoms with Gasteiger partial charge in [-0.1, -0.05) is 18.2 Å². The molecule has 0 N–H and O–H groups in total. The predicted molar refractivity (Wildman–Crippen MR) is 121 cm³/mol. The first kappa shape index (κ1) is 22.4. The first-order valence-electron chi connectivity index (χ1n) is 10.2. The molecule has 170 valence electrons. The number of nitro groups is 1. The Kier molecular flexibility index (Phi) is 6.33. The Hall–Kier alpha value is -3.83. The molecule has 2 heterocycles. The summed E-state index contributed by atoms with van der Waals surface area (Å²) in [6.07, 6.45) is 6.60. The number of carbonyl (C=O) groups excluding carboxylic acids is 1. The second kappa shape index (κ2) is 9.35. The number of hydrogen-bond acceptors (Lipinski definition) is 6. The summed E-state index contributed by atoms with van der Waals surface area (Å²) < 4.78 is 28.6. The van der Waals surface area contributed by atoms with Crippen molar-refractivity contribution in [2.45, 2.75) is 4.90 Å². The van der Waals surface area contributed by atoms with Crippen LogP contribution in [0.15, 0.2) is 78.0 Å². The van der Waals surface area contributed by atoms with E-state index in [-0.39, 0.29) is 42.7 Å². The third-order valence-corrected chi connectivity index (χ3v) is 7.19. The highest BCUT2D eigenvalue weighted by Gasteiger charge is 2.29. The number of aromatic nitrogens is 2. The number of non-ortho nitro benzene ring substituents is 1. The van der Waals surface area contributed by atoms with E-state index in [1.807, 2.05) is 36.5 Å². The van der Waals surface area contributed by atoms with E-state index < -0.39 is 14.9 Å². The monoisotopic (exact) mass is 467 g/mol. The van der Waals surface area contributed by atoms with Crippen molar-refractivity contribution in [2.24, 2.45) is 0 Å². The van der Waals surface area contributed by atoms with Crippen molar-refractivity contribution in [3.05, 3.63) is 88.7 Å². The molecule has 1 fully saturated rings. The van der Waals surface area contributed by atoms with Crippen LogP contribution in [-0.2, 0) is 14.8 Å². The number of amides is 1. The lowest BCUT2D eigenvalue weighted by atomic mass is 10.3. The zero-order chi connectivity index (χ0) is 23.4. The van der Waals surface area contributed by atoms with Crippen LogP contribution in [0.2, 0.25) is 0 Å². The topological polar surface area (TPSA) is 119 Å². The van der Waals surface area contributed by atoms with Gasteiger partial charge in [-0.15, -0.1) is 0 Å². The Labute approximate surface area is 190 Å². The Morgan fingerprint density at radius 1 is 1.00 bits per heavy atom. The number of nitrogens with zero attached hydrogens (tertiary/aromatic N) is 5. The quantitative estimate of drug-likeness (QED) is 0.312. The molecule has 3 aromatic rings. The van der Waals surface area contributed by atoms with Gasteiger partial charge in [-0.25, -0.2) is 13.1 Å². The van der Waals surface area contributed by atoms with Gasteiger partial charge in [0.1, 0.15) is 0 Å². The summed E-state index contributed by atoms with van der Waals surface area (Å²) >= 11 is 0. The summed E-state index contributed by atoms with van der Waals surface area (Å²) in [5.41, 5.74) is 1.51. The second-order valence-corrected chi connectivity index (χ2v) is 9.31. The average Bonchev–Trinajstić information content (AvgIpc) is 3.32. The highest BCUT2D eigenvalue weighted by Crippen LogP contribution is 2.21. The van der Waals surface area contributed by atoms with Crippen molar-refractivity contribution >= 4 is 27.7 Å². The summed E-state index contributed by atoms with van der Waals surface area (Å²) in [5.74, 6) is -0.213. The number of hydrogen-bond donors (Lipinski definition) is 0. The maximum absolute atomic E-state index is 12.8. The molecule has 0 saturated carbocycles. The van der Waals surface area contributed by atoms with Gasteiger partial charge < -0.3 is 4.90 Å². The SMILES string of the molecule is O=C(/C=C/c1cnn(-c2ccccc2)c1)N1CCN(S(=O)(=O)c2ccc([N+](=O)[O-])cc2)CC1. The molecule has 33 heavy (non-hydrogen) atoms. The van der Waals surface area contributed by atoms with E-state index in [1.165, 1.54) is 22.5 Å². The minimum absolute atomic E-state index is 0.0109. The van der Waals surface area contributed by atoms with E-state index in [2.05, 4.69) is 5.10 Å². The average molecular weight is 468 g/mol. The Bertz CT molecular complexity index is 1280. The molecular weight excluding hydrogens is 446 g/mol. The van der Waals surface area contributed by atoms with Gasteiger partial charge in [0.2, 0.25) is 15.9 Å². The molecule has 0 atom stereocenters. The summed E-state index contributed by atoms with van der Waals surface area (Å²) in [6, 6.07) is 14.4. The molecule has 0 spiro atoms. The minimum atomic E-state index is -3.79. The van der Waals surface area contributed by atoms with Crippen molar-refractivity contribution in [3.8, 4) is 5.69 Å². The fourth-order valence-corrected chi connectivity index (χ4v) is 4.88. The summed E-state index contributed by atoms with van der Waals surface area (Å²) in [5, 5.41) is 15.1. The molecule has 4 rings (SSSR count). The highest BCUT2D eigenvalue weighted by molar-refractivity contribution is 7.89. The van der Waals surface area contributed by atoms with E-state index in [0.717, 1.165) is 23.4 Å². The number of benzene rings is 2. The van der Waals surface area contributed by atoms with E-state index in [1.54, 1.807) is 21.9 Å². The molecule has 0 radical (unpaired) electrons. The van der Waals surface area contributed by atoms with Crippen LogP contribution < -0.4 is 0 Å². The van der Waals surface area contributed by atoms with Crippen molar-refractivity contribution < 1.29 is 18.1 Å². The zero-order valence-corrected chi connectivity index (χ0v) is 18.3. The van der Waals surface area contributed by atoms with Crippen LogP contribution in [0.4, 0.5) is 5.69 Å². The summed E-state index contributed by atoms with van der Waals surface area (Å²) in [7, 11) is -3.79. The molecule has 2 aromatic carbocycles. The van der Waals surface area contributed by atoms with Crippen molar-refractivity contribution in [1.82, 2.24) is 19.0 Å². The smallest absolute Gasteiger partial charge is 0.269 e. The molecule has 0 bridgehead atoms. The number of para-hydroxylation sites is 1. The van der Waals surface area contributed by atoms with E-state index in [0.29, 0.717) is 0 Å². The molecule has 1 saturated heterocycles. The lowest BCUT2D eigenvalue weighted by molar-refractivity contribution is -0.384. The lowest BCUT2D eigenvalue weighted by Crippen LogP contribution is -2.50. The first-order chi connectivity index (χ1) is 15.8. The standard InChI is InChI=1S/C22H21N5O5S/c28-22(11-6-18-16-23-26(17-18)19-4-2-1-3-5-19)24-12-14-25(15-13-24)33(31,32)21-9-7-20(8-10-21)27(29)30/h1-11,16-17H,12-15H2/b11-6+. The molecule has 1 aromatic heterocycles. The van der Waals surface area contributed by atoms with E-state index in [9.17, 15) is 23.3 Å². The maximum Gasteiger partial charge on any atom is 0.269 e. The zero-order valence-electron chi connectivity index (χ0n) is 17.5. The molecule has 1 aliphatic heterocycles. The third kappa shape index (κ3) is 4.99. The molecule has 0 unspecified atom stereocenters. The Balaban J connectivity index is 1.35. The number of rotatable bonds is 6. The Morgan fingerprint density at radius 2 is 1.67 bits per heavy atom. The lowest BCUT2D eigenvalue weighted by Gasteiger charge is -2.33. The third-order valence-electron chi connectivity index (χ3n) is 5.28. The van der Waals surface area contributed by atoms with Crippen LogP contribution in [-0.4, -0.2) is 64.4 Å². The minimum Gasteiger partial charge on any atom is -0.337 e. The first-order valence-corrected chi connectivity index (χ1v) is 11.6. The van der Waals surface area contributed by atoms with Crippen LogP contribution in [0, 0.1) is 10.1 Å². The van der Waals surface area contributed by atoms with Gasteiger partial charge in [-0.05, 0) is 30.3 Å².